The highest BCUT2D eigenvalue weighted by Gasteiger charge is 2.40. The highest BCUT2D eigenvalue weighted by atomic mass is 79.9. The van der Waals surface area contributed by atoms with Crippen LogP contribution in [0.2, 0.25) is 0 Å². The van der Waals surface area contributed by atoms with Crippen molar-refractivity contribution >= 4 is 22.0 Å². The van der Waals surface area contributed by atoms with Crippen LogP contribution in [0.25, 0.3) is 0 Å². The summed E-state index contributed by atoms with van der Waals surface area (Å²) in [5.74, 6) is 0. The molecule has 7 heteroatoms. The molecule has 1 aliphatic rings. The number of halogens is 4. The Labute approximate surface area is 122 Å². The molecule has 1 atom stereocenters. The van der Waals surface area contributed by atoms with Gasteiger partial charge in [-0.05, 0) is 23.8 Å². The SMILES string of the molecule is CC1(C)COC(=O)N[C@H]1c1cc(C(F)(F)F)ccc1Br. The molecule has 20 heavy (non-hydrogen) atoms. The van der Waals surface area contributed by atoms with Gasteiger partial charge < -0.3 is 10.1 Å². The van der Waals surface area contributed by atoms with Crippen molar-refractivity contribution in [3.8, 4) is 0 Å². The summed E-state index contributed by atoms with van der Waals surface area (Å²) in [7, 11) is 0. The third-order valence-corrected chi connectivity index (χ3v) is 3.98. The van der Waals surface area contributed by atoms with Gasteiger partial charge in [-0.2, -0.15) is 13.2 Å². The van der Waals surface area contributed by atoms with Crippen LogP contribution < -0.4 is 5.32 Å². The number of hydrogen-bond acceptors (Lipinski definition) is 2. The first-order valence-corrected chi connectivity index (χ1v) is 6.70. The Bertz CT molecular complexity index is 543. The molecule has 0 spiro atoms. The highest BCUT2D eigenvalue weighted by molar-refractivity contribution is 9.10. The molecule has 1 N–H and O–H groups in total. The van der Waals surface area contributed by atoms with Crippen LogP contribution in [0.15, 0.2) is 22.7 Å². The summed E-state index contributed by atoms with van der Waals surface area (Å²) in [5, 5.41) is 2.58. The van der Waals surface area contributed by atoms with E-state index in [0.29, 0.717) is 10.0 Å². The minimum absolute atomic E-state index is 0.145. The fourth-order valence-electron chi connectivity index (χ4n) is 2.13. The third kappa shape index (κ3) is 2.92. The molecule has 2 rings (SSSR count). The molecule has 110 valence electrons. The first-order chi connectivity index (χ1) is 9.11. The lowest BCUT2D eigenvalue weighted by molar-refractivity contribution is -0.137. The zero-order valence-electron chi connectivity index (χ0n) is 10.8. The predicted octanol–water partition coefficient (Wildman–Crippen LogP) is 4.28. The molecule has 0 saturated carbocycles. The summed E-state index contributed by atoms with van der Waals surface area (Å²) in [6, 6.07) is 2.85. The lowest BCUT2D eigenvalue weighted by Gasteiger charge is -2.39. The van der Waals surface area contributed by atoms with Crippen molar-refractivity contribution < 1.29 is 22.7 Å². The first-order valence-electron chi connectivity index (χ1n) is 5.91. The number of alkyl halides is 3. The Balaban J connectivity index is 2.47. The monoisotopic (exact) mass is 351 g/mol. The average Bonchev–Trinajstić information content (AvgIpc) is 2.32. The van der Waals surface area contributed by atoms with Gasteiger partial charge in [0.05, 0.1) is 11.6 Å². The zero-order chi connectivity index (χ0) is 15.1. The summed E-state index contributed by atoms with van der Waals surface area (Å²) >= 11 is 3.24. The number of amides is 1. The van der Waals surface area contributed by atoms with Gasteiger partial charge in [0.15, 0.2) is 0 Å². The van der Waals surface area contributed by atoms with Gasteiger partial charge in [-0.15, -0.1) is 0 Å². The van der Waals surface area contributed by atoms with E-state index in [9.17, 15) is 18.0 Å². The summed E-state index contributed by atoms with van der Waals surface area (Å²) in [4.78, 5) is 11.4. The summed E-state index contributed by atoms with van der Waals surface area (Å²) < 4.78 is 43.8. The smallest absolute Gasteiger partial charge is 0.416 e. The molecule has 3 nitrogen and oxygen atoms in total. The zero-order valence-corrected chi connectivity index (χ0v) is 12.4. The van der Waals surface area contributed by atoms with E-state index < -0.39 is 29.3 Å². The van der Waals surface area contributed by atoms with E-state index >= 15 is 0 Å². The average molecular weight is 352 g/mol. The lowest BCUT2D eigenvalue weighted by Crippen LogP contribution is -2.47. The molecular weight excluding hydrogens is 339 g/mol. The van der Waals surface area contributed by atoms with Gasteiger partial charge in [0, 0.05) is 9.89 Å². The van der Waals surface area contributed by atoms with Crippen molar-refractivity contribution in [3.05, 3.63) is 33.8 Å². The van der Waals surface area contributed by atoms with Gasteiger partial charge in [0.2, 0.25) is 0 Å². The molecule has 0 aliphatic carbocycles. The molecule has 1 aromatic rings. The Morgan fingerprint density at radius 2 is 2.05 bits per heavy atom. The largest absolute Gasteiger partial charge is 0.449 e. The fraction of sp³-hybridized carbons (Fsp3) is 0.462. The van der Waals surface area contributed by atoms with Crippen LogP contribution in [0.5, 0.6) is 0 Å². The number of carbonyl (C=O) groups is 1. The van der Waals surface area contributed by atoms with Crippen molar-refractivity contribution in [2.24, 2.45) is 5.41 Å². The second-order valence-electron chi connectivity index (χ2n) is 5.38. The van der Waals surface area contributed by atoms with Crippen molar-refractivity contribution in [2.45, 2.75) is 26.1 Å². The van der Waals surface area contributed by atoms with Crippen LogP contribution in [-0.2, 0) is 10.9 Å². The van der Waals surface area contributed by atoms with E-state index in [4.69, 9.17) is 4.74 Å². The fourth-order valence-corrected chi connectivity index (χ4v) is 2.61. The van der Waals surface area contributed by atoms with Gasteiger partial charge in [0.25, 0.3) is 0 Å². The Morgan fingerprint density at radius 1 is 1.40 bits per heavy atom. The van der Waals surface area contributed by atoms with E-state index in [2.05, 4.69) is 21.2 Å². The molecule has 0 radical (unpaired) electrons. The van der Waals surface area contributed by atoms with Crippen LogP contribution >= 0.6 is 15.9 Å². The number of nitrogens with one attached hydrogen (secondary N) is 1. The van der Waals surface area contributed by atoms with Crippen molar-refractivity contribution in [2.75, 3.05) is 6.61 Å². The van der Waals surface area contributed by atoms with Gasteiger partial charge in [-0.25, -0.2) is 4.79 Å². The van der Waals surface area contributed by atoms with E-state index in [-0.39, 0.29) is 6.61 Å². The third-order valence-electron chi connectivity index (χ3n) is 3.25. The number of hydrogen-bond donors (Lipinski definition) is 1. The second kappa shape index (κ2) is 4.95. The molecule has 1 aromatic carbocycles. The maximum absolute atomic E-state index is 12.8. The highest BCUT2D eigenvalue weighted by Crippen LogP contribution is 2.41. The van der Waals surface area contributed by atoms with Crippen molar-refractivity contribution in [1.82, 2.24) is 5.32 Å². The van der Waals surface area contributed by atoms with Crippen LogP contribution in [-0.4, -0.2) is 12.7 Å². The number of cyclic esters (lactones) is 1. The molecule has 1 aliphatic heterocycles. The van der Waals surface area contributed by atoms with E-state index in [1.165, 1.54) is 6.07 Å². The molecule has 0 unspecified atom stereocenters. The topological polar surface area (TPSA) is 38.3 Å². The predicted molar refractivity (Wildman–Crippen MR) is 70.1 cm³/mol. The molecule has 1 heterocycles. The summed E-state index contributed by atoms with van der Waals surface area (Å²) in [6.45, 7) is 3.79. The molecule has 0 aromatic heterocycles. The summed E-state index contributed by atoms with van der Waals surface area (Å²) in [6.07, 6.45) is -5.05. The maximum atomic E-state index is 12.8. The second-order valence-corrected chi connectivity index (χ2v) is 6.23. The van der Waals surface area contributed by atoms with Gasteiger partial charge >= 0.3 is 12.3 Å². The molecule has 0 bridgehead atoms. The van der Waals surface area contributed by atoms with Gasteiger partial charge in [0.1, 0.15) is 6.61 Å². The Morgan fingerprint density at radius 3 is 2.65 bits per heavy atom. The Kier molecular flexibility index (Phi) is 3.75. The molecule has 1 amide bonds. The maximum Gasteiger partial charge on any atom is 0.416 e. The normalized spacial score (nSPS) is 22.1. The van der Waals surface area contributed by atoms with Crippen molar-refractivity contribution in [3.63, 3.8) is 0 Å². The number of alkyl carbamates (subject to hydrolysis) is 1. The molecular formula is C13H13BrF3NO2. The molecule has 1 saturated heterocycles. The Hall–Kier alpha value is -1.24. The van der Waals surface area contributed by atoms with Crippen LogP contribution in [0, 0.1) is 5.41 Å². The number of ether oxygens (including phenoxy) is 1. The van der Waals surface area contributed by atoms with E-state index in [0.717, 1.165) is 12.1 Å². The van der Waals surface area contributed by atoms with Crippen molar-refractivity contribution in [1.29, 1.82) is 0 Å². The van der Waals surface area contributed by atoms with Gasteiger partial charge in [-0.3, -0.25) is 0 Å². The lowest BCUT2D eigenvalue weighted by atomic mass is 9.80. The summed E-state index contributed by atoms with van der Waals surface area (Å²) in [5.41, 5.74) is -0.866. The molecule has 1 fully saturated rings. The van der Waals surface area contributed by atoms with E-state index in [1.54, 1.807) is 0 Å². The van der Waals surface area contributed by atoms with Crippen LogP contribution in [0.3, 0.4) is 0 Å². The quantitative estimate of drug-likeness (QED) is 0.820. The van der Waals surface area contributed by atoms with Crippen LogP contribution in [0.1, 0.15) is 31.0 Å². The first kappa shape index (κ1) is 15.2. The van der Waals surface area contributed by atoms with Crippen LogP contribution in [0.4, 0.5) is 18.0 Å². The number of rotatable bonds is 1. The minimum Gasteiger partial charge on any atom is -0.449 e. The standard InChI is InChI=1S/C13H13BrF3NO2/c1-12(2)6-20-11(19)18-10(12)8-5-7(13(15,16)17)3-4-9(8)14/h3-5,10H,6H2,1-2H3,(H,18,19)/t10-/m0/s1. The van der Waals surface area contributed by atoms with Gasteiger partial charge in [-0.1, -0.05) is 29.8 Å². The minimum atomic E-state index is -4.42. The number of benzene rings is 1. The number of carbonyl (C=O) groups excluding carboxylic acids is 1. The van der Waals surface area contributed by atoms with E-state index in [1.807, 2.05) is 13.8 Å².